The Bertz CT molecular complexity index is 538. The Morgan fingerprint density at radius 3 is 2.47 bits per heavy atom. The van der Waals surface area contributed by atoms with Crippen LogP contribution in [0.5, 0.6) is 0 Å². The smallest absolute Gasteiger partial charge is 0.259 e. The van der Waals surface area contributed by atoms with Gasteiger partial charge in [0.2, 0.25) is 5.96 Å². The van der Waals surface area contributed by atoms with Gasteiger partial charge in [-0.2, -0.15) is 0 Å². The monoisotopic (exact) mass is 227 g/mol. The number of hydrogen-bond acceptors (Lipinski definition) is 2. The number of nitrogens with one attached hydrogen (secondary N) is 1. The number of carbonyl (C=O) groups excluding carboxylic acids is 1. The van der Waals surface area contributed by atoms with Crippen molar-refractivity contribution >= 4 is 23.3 Å². The Balaban J connectivity index is 2.32. The van der Waals surface area contributed by atoms with Gasteiger partial charge in [0, 0.05) is 0 Å². The lowest BCUT2D eigenvalue weighted by atomic mass is 10.1. The second kappa shape index (κ2) is 4.33. The Morgan fingerprint density at radius 1 is 1.24 bits per heavy atom. The molecule has 2 rings (SSSR count). The molecular formula is C13H13N3O. The summed E-state index contributed by atoms with van der Waals surface area (Å²) in [6.07, 6.45) is 0. The van der Waals surface area contributed by atoms with E-state index in [2.05, 4.69) is 21.9 Å². The fraction of sp³-hybridized carbons (Fsp3) is 0.154. The molecule has 1 aromatic rings. The molecule has 1 heterocycles. The lowest BCUT2D eigenvalue weighted by Gasteiger charge is -2.13. The summed E-state index contributed by atoms with van der Waals surface area (Å²) in [7, 11) is 0. The van der Waals surface area contributed by atoms with Crippen LogP contribution in [0.2, 0.25) is 0 Å². The number of hydrogen-bond donors (Lipinski definition) is 1. The summed E-state index contributed by atoms with van der Waals surface area (Å²) in [5, 5.41) is 2.58. The van der Waals surface area contributed by atoms with Crippen molar-refractivity contribution in [1.29, 1.82) is 0 Å². The maximum atomic E-state index is 11.5. The van der Waals surface area contributed by atoms with E-state index in [1.807, 2.05) is 31.2 Å². The third-order valence-corrected chi connectivity index (χ3v) is 2.48. The highest BCUT2D eigenvalue weighted by atomic mass is 16.2. The molecule has 1 amide bonds. The number of nitrogens with zero attached hydrogens (tertiary/aromatic N) is 2. The van der Waals surface area contributed by atoms with Crippen molar-refractivity contribution in [3.63, 3.8) is 0 Å². The molecule has 0 spiro atoms. The molecular weight excluding hydrogens is 214 g/mol. The first-order valence-corrected chi connectivity index (χ1v) is 5.27. The van der Waals surface area contributed by atoms with Crippen LogP contribution in [0.1, 0.15) is 12.5 Å². The van der Waals surface area contributed by atoms with Crippen LogP contribution in [-0.4, -0.2) is 17.6 Å². The van der Waals surface area contributed by atoms with E-state index >= 15 is 0 Å². The van der Waals surface area contributed by atoms with Gasteiger partial charge >= 0.3 is 0 Å². The zero-order valence-corrected chi connectivity index (χ0v) is 9.82. The van der Waals surface area contributed by atoms with Crippen LogP contribution in [0.25, 0.3) is 0 Å². The minimum Gasteiger partial charge on any atom is -0.290 e. The number of aryl methyl sites for hydroxylation is 1. The largest absolute Gasteiger partial charge is 0.290 e. The topological polar surface area (TPSA) is 53.8 Å². The molecule has 0 fully saturated rings. The molecule has 0 radical (unpaired) electrons. The van der Waals surface area contributed by atoms with Gasteiger partial charge in [-0.05, 0) is 26.0 Å². The molecule has 0 atom stereocenters. The van der Waals surface area contributed by atoms with E-state index in [9.17, 15) is 4.79 Å². The molecule has 0 unspecified atom stereocenters. The minimum atomic E-state index is -0.247. The summed E-state index contributed by atoms with van der Waals surface area (Å²) in [5.74, 6) is 0.0621. The molecule has 0 saturated heterocycles. The van der Waals surface area contributed by atoms with E-state index in [-0.39, 0.29) is 5.91 Å². The number of amides is 1. The van der Waals surface area contributed by atoms with Gasteiger partial charge in [0.15, 0.2) is 0 Å². The van der Waals surface area contributed by atoms with Crippen LogP contribution in [0, 0.1) is 6.92 Å². The first kappa shape index (κ1) is 11.3. The maximum absolute atomic E-state index is 11.5. The predicted octanol–water partition coefficient (Wildman–Crippen LogP) is 2.13. The molecule has 4 heteroatoms. The van der Waals surface area contributed by atoms with Crippen LogP contribution < -0.4 is 5.32 Å². The van der Waals surface area contributed by atoms with Crippen molar-refractivity contribution in [2.45, 2.75) is 13.8 Å². The van der Waals surface area contributed by atoms with Crippen molar-refractivity contribution in [2.24, 2.45) is 9.98 Å². The number of carbonyl (C=O) groups is 1. The summed E-state index contributed by atoms with van der Waals surface area (Å²) in [6, 6.07) is 7.67. The van der Waals surface area contributed by atoms with Crippen LogP contribution in [-0.2, 0) is 4.79 Å². The van der Waals surface area contributed by atoms with Gasteiger partial charge < -0.3 is 0 Å². The van der Waals surface area contributed by atoms with Gasteiger partial charge in [-0.25, -0.2) is 9.98 Å². The fourth-order valence-electron chi connectivity index (χ4n) is 1.39. The Hall–Kier alpha value is -2.23. The Labute approximate surface area is 99.8 Å². The van der Waals surface area contributed by atoms with Crippen LogP contribution >= 0.6 is 0 Å². The van der Waals surface area contributed by atoms with Gasteiger partial charge in [0.05, 0.1) is 17.0 Å². The van der Waals surface area contributed by atoms with Crippen LogP contribution in [0.3, 0.4) is 0 Å². The van der Waals surface area contributed by atoms with E-state index in [1.54, 1.807) is 6.92 Å². The lowest BCUT2D eigenvalue weighted by molar-refractivity contribution is -0.115. The molecule has 0 aromatic heterocycles. The number of guanidine groups is 1. The summed E-state index contributed by atoms with van der Waals surface area (Å²) in [4.78, 5) is 19.9. The van der Waals surface area contributed by atoms with Gasteiger partial charge in [0.25, 0.3) is 5.91 Å². The molecule has 0 aliphatic carbocycles. The van der Waals surface area contributed by atoms with Gasteiger partial charge in [-0.15, -0.1) is 0 Å². The number of rotatable bonds is 1. The molecule has 17 heavy (non-hydrogen) atoms. The third kappa shape index (κ3) is 2.47. The molecule has 1 aliphatic heterocycles. The average molecular weight is 227 g/mol. The minimum absolute atomic E-state index is 0.247. The van der Waals surface area contributed by atoms with E-state index in [0.29, 0.717) is 17.2 Å². The normalized spacial score (nSPS) is 18.0. The zero-order chi connectivity index (χ0) is 12.4. The Morgan fingerprint density at radius 2 is 1.88 bits per heavy atom. The molecule has 86 valence electrons. The van der Waals surface area contributed by atoms with Crippen LogP contribution in [0.4, 0.5) is 5.69 Å². The van der Waals surface area contributed by atoms with Gasteiger partial charge in [-0.3, -0.25) is 10.1 Å². The van der Waals surface area contributed by atoms with Crippen molar-refractivity contribution in [3.8, 4) is 0 Å². The highest BCUT2D eigenvalue weighted by Crippen LogP contribution is 2.14. The van der Waals surface area contributed by atoms with E-state index in [0.717, 1.165) is 11.3 Å². The highest BCUT2D eigenvalue weighted by Gasteiger charge is 2.18. The molecule has 1 N–H and O–H groups in total. The predicted molar refractivity (Wildman–Crippen MR) is 68.7 cm³/mol. The summed E-state index contributed by atoms with van der Waals surface area (Å²) < 4.78 is 0. The molecule has 1 aliphatic rings. The molecule has 1 aromatic carbocycles. The number of aliphatic imine (C=N–C) groups is 2. The molecule has 0 bridgehead atoms. The highest BCUT2D eigenvalue weighted by molar-refractivity contribution is 6.29. The van der Waals surface area contributed by atoms with Gasteiger partial charge in [-0.1, -0.05) is 24.3 Å². The molecule has 0 saturated carbocycles. The van der Waals surface area contributed by atoms with Crippen molar-refractivity contribution in [2.75, 3.05) is 0 Å². The summed E-state index contributed by atoms with van der Waals surface area (Å²) in [5.41, 5.74) is 2.90. The maximum Gasteiger partial charge on any atom is 0.259 e. The Kier molecular flexibility index (Phi) is 2.87. The van der Waals surface area contributed by atoms with E-state index < -0.39 is 0 Å². The first-order valence-electron chi connectivity index (χ1n) is 5.27. The second-order valence-electron chi connectivity index (χ2n) is 3.90. The zero-order valence-electron chi connectivity index (χ0n) is 9.82. The van der Waals surface area contributed by atoms with Crippen LogP contribution in [0.15, 0.2) is 46.4 Å². The van der Waals surface area contributed by atoms with E-state index in [1.165, 1.54) is 0 Å². The SMILES string of the molecule is C=C1C(=O)NC(=Nc2ccc(C)cc2)N=C1C. The fourth-order valence-corrected chi connectivity index (χ4v) is 1.39. The van der Waals surface area contributed by atoms with E-state index in [4.69, 9.17) is 0 Å². The van der Waals surface area contributed by atoms with Crippen molar-refractivity contribution in [1.82, 2.24) is 5.32 Å². The number of benzene rings is 1. The average Bonchev–Trinajstić information content (AvgIpc) is 2.29. The van der Waals surface area contributed by atoms with Gasteiger partial charge in [0.1, 0.15) is 0 Å². The molecule has 4 nitrogen and oxygen atoms in total. The van der Waals surface area contributed by atoms with Crippen molar-refractivity contribution < 1.29 is 4.79 Å². The van der Waals surface area contributed by atoms with Crippen molar-refractivity contribution in [3.05, 3.63) is 42.0 Å². The lowest BCUT2D eigenvalue weighted by Crippen LogP contribution is -2.37. The first-order chi connectivity index (χ1) is 8.06. The summed E-state index contributed by atoms with van der Waals surface area (Å²) >= 11 is 0. The summed E-state index contributed by atoms with van der Waals surface area (Å²) in [6.45, 7) is 7.38. The standard InChI is InChI=1S/C13H13N3O/c1-8-4-6-11(7-5-8)15-13-14-10(3)9(2)12(17)16-13/h4-7H,2H2,1,3H3,(H,15,16,17). The second-order valence-corrected chi connectivity index (χ2v) is 3.90. The third-order valence-electron chi connectivity index (χ3n) is 2.48. The quantitative estimate of drug-likeness (QED) is 0.734.